The topological polar surface area (TPSA) is 30.2 Å². The summed E-state index contributed by atoms with van der Waals surface area (Å²) in [7, 11) is 0.949. The smallest absolute Gasteiger partial charge is 0.197 e. The van der Waals surface area contributed by atoms with Gasteiger partial charge in [-0.1, -0.05) is 12.1 Å². The number of hydrogen-bond donors (Lipinski definition) is 0. The molecule has 0 bridgehead atoms. The Morgan fingerprint density at radius 2 is 1.94 bits per heavy atom. The number of benzene rings is 2. The van der Waals surface area contributed by atoms with E-state index in [9.17, 15) is 4.79 Å². The molecule has 1 aliphatic carbocycles. The number of aryl methyl sites for hydroxylation is 2. The van der Waals surface area contributed by atoms with Crippen molar-refractivity contribution >= 4 is 18.9 Å². The highest BCUT2D eigenvalue weighted by Crippen LogP contribution is 2.35. The molecule has 0 spiro atoms. The molecule has 0 saturated carbocycles. The van der Waals surface area contributed by atoms with Gasteiger partial charge < -0.3 is 4.42 Å². The van der Waals surface area contributed by atoms with Crippen LogP contribution in [0, 0.1) is 13.8 Å². The van der Waals surface area contributed by atoms with Crippen molar-refractivity contribution < 1.29 is 4.42 Å². The average molecular weight is 242 g/mol. The molecule has 17 heavy (non-hydrogen) atoms. The van der Waals surface area contributed by atoms with Gasteiger partial charge in [-0.05, 0) is 51.4 Å². The van der Waals surface area contributed by atoms with E-state index in [0.717, 1.165) is 29.8 Å². The van der Waals surface area contributed by atoms with Crippen molar-refractivity contribution in [2.24, 2.45) is 0 Å². The third-order valence-corrected chi connectivity index (χ3v) is 4.10. The highest BCUT2D eigenvalue weighted by Gasteiger charge is 2.12. The quantitative estimate of drug-likeness (QED) is 0.555. The summed E-state index contributed by atoms with van der Waals surface area (Å²) in [5, 5.41) is 1.82. The predicted octanol–water partition coefficient (Wildman–Crippen LogP) is 4.09. The summed E-state index contributed by atoms with van der Waals surface area (Å²) < 4.78 is 5.76. The number of fused-ring (bicyclic) bond motifs is 2. The summed E-state index contributed by atoms with van der Waals surface area (Å²) in [6.45, 7) is 3.88. The van der Waals surface area contributed by atoms with Crippen molar-refractivity contribution in [2.45, 2.75) is 13.8 Å². The molecule has 0 amide bonds. The summed E-state index contributed by atoms with van der Waals surface area (Å²) in [5.74, 6) is 0.693. The highest BCUT2D eigenvalue weighted by atomic mass is 31.0. The molecule has 2 aliphatic rings. The van der Waals surface area contributed by atoms with Crippen molar-refractivity contribution in [2.75, 3.05) is 0 Å². The molecule has 3 rings (SSSR count). The third-order valence-electron chi connectivity index (χ3n) is 2.86. The van der Waals surface area contributed by atoms with Crippen LogP contribution in [0.1, 0.15) is 11.1 Å². The Morgan fingerprint density at radius 1 is 1.12 bits per heavy atom. The lowest BCUT2D eigenvalue weighted by molar-refractivity contribution is 0.622. The lowest BCUT2D eigenvalue weighted by atomic mass is 10.2. The Balaban J connectivity index is 2.50. The molecule has 1 aliphatic heterocycles. The van der Waals surface area contributed by atoms with E-state index in [1.165, 1.54) is 5.56 Å². The maximum atomic E-state index is 12.0. The number of rotatable bonds is 0. The minimum Gasteiger partial charge on any atom is -0.455 e. The fraction of sp³-hybridized carbons (Fsp3) is 0.143. The van der Waals surface area contributed by atoms with Crippen LogP contribution in [0.5, 0.6) is 0 Å². The molecule has 0 fully saturated rings. The van der Waals surface area contributed by atoms with Crippen LogP contribution in [0.15, 0.2) is 39.5 Å². The second-order valence-corrected chi connectivity index (χ2v) is 5.40. The first-order chi connectivity index (χ1) is 8.15. The molecule has 1 aromatic carbocycles. The molecule has 0 N–H and O–H groups in total. The first-order valence-corrected chi connectivity index (χ1v) is 6.35. The fourth-order valence-corrected chi connectivity index (χ4v) is 3.13. The Morgan fingerprint density at radius 3 is 2.76 bits per heavy atom. The summed E-state index contributed by atoms with van der Waals surface area (Å²) in [4.78, 5) is 12.0. The monoisotopic (exact) mass is 242 g/mol. The van der Waals surface area contributed by atoms with Gasteiger partial charge in [0.2, 0.25) is 0 Å². The van der Waals surface area contributed by atoms with E-state index < -0.39 is 0 Å². The zero-order valence-corrected chi connectivity index (χ0v) is 10.5. The largest absolute Gasteiger partial charge is 0.455 e. The first-order valence-electron chi connectivity index (χ1n) is 5.46. The van der Waals surface area contributed by atoms with Gasteiger partial charge in [-0.25, -0.2) is 0 Å². The Labute approximate surface area is 100 Å². The summed E-state index contributed by atoms with van der Waals surface area (Å²) in [5.41, 5.74) is 2.91. The zero-order valence-electron chi connectivity index (χ0n) is 9.65. The lowest BCUT2D eigenvalue weighted by Crippen LogP contribution is -2.06. The van der Waals surface area contributed by atoms with Crippen molar-refractivity contribution in [3.63, 3.8) is 0 Å². The van der Waals surface area contributed by atoms with Crippen molar-refractivity contribution in [1.29, 1.82) is 0 Å². The van der Waals surface area contributed by atoms with Crippen molar-refractivity contribution in [3.05, 3.63) is 51.7 Å². The Bertz CT molecular complexity index is 743. The molecule has 1 aromatic rings. The molecule has 3 heteroatoms. The molecule has 0 saturated heterocycles. The van der Waals surface area contributed by atoms with Gasteiger partial charge in [-0.3, -0.25) is 4.79 Å². The van der Waals surface area contributed by atoms with Crippen molar-refractivity contribution in [1.82, 2.24) is 0 Å². The van der Waals surface area contributed by atoms with Gasteiger partial charge in [0.05, 0.1) is 5.30 Å². The minimum absolute atomic E-state index is 0.0938. The molecule has 1 heterocycles. The second kappa shape index (κ2) is 3.68. The Kier molecular flexibility index (Phi) is 2.27. The first kappa shape index (κ1) is 10.5. The molecule has 0 aromatic heterocycles. The summed E-state index contributed by atoms with van der Waals surface area (Å²) >= 11 is 0. The predicted molar refractivity (Wildman–Crippen MR) is 71.1 cm³/mol. The third kappa shape index (κ3) is 1.65. The standard InChI is InChI=1S/C14H11O2P/c1-8-3-5-10-12(7-8)17-14-11(16-10)6-4-9(2)13(14)15/h3-7H,1-2H3. The maximum Gasteiger partial charge on any atom is 0.197 e. The van der Waals surface area contributed by atoms with Crippen LogP contribution in [0.25, 0.3) is 21.8 Å². The van der Waals surface area contributed by atoms with E-state index in [4.69, 9.17) is 4.42 Å². The number of hydrogen-bond acceptors (Lipinski definition) is 2. The summed E-state index contributed by atoms with van der Waals surface area (Å²) in [6, 6.07) is 9.75. The molecule has 0 atom stereocenters. The molecule has 0 radical (unpaired) electrons. The van der Waals surface area contributed by atoms with Gasteiger partial charge in [0.25, 0.3) is 0 Å². The van der Waals surface area contributed by atoms with E-state index in [1.54, 1.807) is 0 Å². The lowest BCUT2D eigenvalue weighted by Gasteiger charge is -2.06. The normalized spacial score (nSPS) is 11.6. The van der Waals surface area contributed by atoms with E-state index in [-0.39, 0.29) is 5.43 Å². The van der Waals surface area contributed by atoms with Crippen molar-refractivity contribution in [3.8, 4) is 11.1 Å². The molecular formula is C14H11O2P. The van der Waals surface area contributed by atoms with Gasteiger partial charge >= 0.3 is 0 Å². The highest BCUT2D eigenvalue weighted by molar-refractivity contribution is 7.40. The van der Waals surface area contributed by atoms with E-state index in [1.807, 2.05) is 38.1 Å². The van der Waals surface area contributed by atoms with Crippen LogP contribution in [0.2, 0.25) is 0 Å². The SMILES string of the molecule is Cc1ccc2oc3ccc(C)c(=O)c-3pc2c1. The fourth-order valence-electron chi connectivity index (χ4n) is 1.88. The van der Waals surface area contributed by atoms with Gasteiger partial charge in [0, 0.05) is 5.12 Å². The van der Waals surface area contributed by atoms with E-state index in [2.05, 4.69) is 6.07 Å². The van der Waals surface area contributed by atoms with Gasteiger partial charge in [0.15, 0.2) is 5.43 Å². The van der Waals surface area contributed by atoms with E-state index >= 15 is 0 Å². The molecule has 2 nitrogen and oxygen atoms in total. The minimum atomic E-state index is 0.0938. The van der Waals surface area contributed by atoms with E-state index in [0.29, 0.717) is 5.76 Å². The van der Waals surface area contributed by atoms with Crippen LogP contribution in [-0.4, -0.2) is 0 Å². The molecule has 84 valence electrons. The summed E-state index contributed by atoms with van der Waals surface area (Å²) in [6.07, 6.45) is 0. The maximum absolute atomic E-state index is 12.0. The van der Waals surface area contributed by atoms with Crippen LogP contribution >= 0.6 is 8.19 Å². The zero-order chi connectivity index (χ0) is 12.0. The average Bonchev–Trinajstić information content (AvgIpc) is 2.32. The van der Waals surface area contributed by atoms with Crippen LogP contribution in [0.3, 0.4) is 0 Å². The molecular weight excluding hydrogens is 231 g/mol. The van der Waals surface area contributed by atoms with Crippen LogP contribution in [-0.2, 0) is 0 Å². The Hall–Kier alpha value is -1.66. The van der Waals surface area contributed by atoms with Crippen LogP contribution in [0.4, 0.5) is 0 Å². The van der Waals surface area contributed by atoms with Gasteiger partial charge in [-0.2, -0.15) is 0 Å². The van der Waals surface area contributed by atoms with Crippen LogP contribution < -0.4 is 5.43 Å². The molecule has 0 unspecified atom stereocenters. The second-order valence-electron chi connectivity index (χ2n) is 4.24. The van der Waals surface area contributed by atoms with Gasteiger partial charge in [-0.15, -0.1) is 0 Å². The van der Waals surface area contributed by atoms with Gasteiger partial charge in [0.1, 0.15) is 11.3 Å².